The lowest BCUT2D eigenvalue weighted by Crippen LogP contribution is -2.11. The van der Waals surface area contributed by atoms with Crippen LogP contribution in [0.2, 0.25) is 0 Å². The van der Waals surface area contributed by atoms with E-state index in [2.05, 4.69) is 4.98 Å². The Labute approximate surface area is 111 Å². The lowest BCUT2D eigenvalue weighted by molar-refractivity contribution is -0.139. The van der Waals surface area contributed by atoms with Gasteiger partial charge in [-0.3, -0.25) is 0 Å². The first-order chi connectivity index (χ1) is 9.08. The largest absolute Gasteiger partial charge is 0.479 e. The van der Waals surface area contributed by atoms with E-state index in [1.54, 1.807) is 24.3 Å². The lowest BCUT2D eigenvalue weighted by Gasteiger charge is -1.99. The first-order valence-electron chi connectivity index (χ1n) is 5.22. The van der Waals surface area contributed by atoms with Crippen LogP contribution in [-0.2, 0) is 4.79 Å². The third-order valence-corrected chi connectivity index (χ3v) is 3.22. The molecule has 0 atom stereocenters. The van der Waals surface area contributed by atoms with Crippen molar-refractivity contribution in [3.63, 3.8) is 0 Å². The molecule has 0 saturated carbocycles. The van der Waals surface area contributed by atoms with Crippen LogP contribution in [0.5, 0.6) is 5.88 Å². The summed E-state index contributed by atoms with van der Waals surface area (Å²) in [6.07, 6.45) is 0. The number of aliphatic carboxylic acids is 1. The standard InChI is InChI=1S/C12H9NO5S/c14-8(15)6-18-10-9(12(16)17)19-11(13-10)7-4-2-1-3-5-7/h1-5H,6H2,(H,14,15)(H,16,17). The molecule has 0 bridgehead atoms. The van der Waals surface area contributed by atoms with Gasteiger partial charge in [-0.1, -0.05) is 30.3 Å². The molecule has 1 aromatic heterocycles. The van der Waals surface area contributed by atoms with E-state index in [0.29, 0.717) is 5.01 Å². The number of ether oxygens (including phenoxy) is 1. The molecule has 19 heavy (non-hydrogen) atoms. The number of nitrogens with zero attached hydrogens (tertiary/aromatic N) is 1. The van der Waals surface area contributed by atoms with Crippen LogP contribution in [-0.4, -0.2) is 33.7 Å². The Morgan fingerprint density at radius 1 is 1.21 bits per heavy atom. The van der Waals surface area contributed by atoms with E-state index in [-0.39, 0.29) is 10.8 Å². The lowest BCUT2D eigenvalue weighted by atomic mass is 10.2. The topological polar surface area (TPSA) is 96.7 Å². The van der Waals surface area contributed by atoms with E-state index < -0.39 is 18.5 Å². The van der Waals surface area contributed by atoms with Crippen LogP contribution in [0.1, 0.15) is 9.67 Å². The highest BCUT2D eigenvalue weighted by atomic mass is 32.1. The van der Waals surface area contributed by atoms with Gasteiger partial charge in [0.2, 0.25) is 5.88 Å². The Bertz CT molecular complexity index is 608. The summed E-state index contributed by atoms with van der Waals surface area (Å²) < 4.78 is 4.88. The van der Waals surface area contributed by atoms with Crippen LogP contribution in [0.15, 0.2) is 30.3 Å². The van der Waals surface area contributed by atoms with Crippen LogP contribution >= 0.6 is 11.3 Å². The molecule has 0 radical (unpaired) electrons. The number of aromatic nitrogens is 1. The zero-order valence-electron chi connectivity index (χ0n) is 9.57. The summed E-state index contributed by atoms with van der Waals surface area (Å²) in [6.45, 7) is -0.627. The smallest absolute Gasteiger partial charge is 0.351 e. The fourth-order valence-electron chi connectivity index (χ4n) is 1.37. The summed E-state index contributed by atoms with van der Waals surface area (Å²) in [5.41, 5.74) is 0.750. The molecule has 7 heteroatoms. The average Bonchev–Trinajstić information content (AvgIpc) is 2.81. The molecular formula is C12H9NO5S. The Morgan fingerprint density at radius 3 is 2.47 bits per heavy atom. The Morgan fingerprint density at radius 2 is 1.89 bits per heavy atom. The van der Waals surface area contributed by atoms with Crippen molar-refractivity contribution in [2.24, 2.45) is 0 Å². The van der Waals surface area contributed by atoms with E-state index in [1.807, 2.05) is 6.07 Å². The second-order valence-electron chi connectivity index (χ2n) is 3.51. The fourth-order valence-corrected chi connectivity index (χ4v) is 2.23. The molecule has 6 nitrogen and oxygen atoms in total. The van der Waals surface area contributed by atoms with Crippen molar-refractivity contribution in [2.75, 3.05) is 6.61 Å². The van der Waals surface area contributed by atoms with Crippen molar-refractivity contribution < 1.29 is 24.5 Å². The van der Waals surface area contributed by atoms with Crippen molar-refractivity contribution in [2.45, 2.75) is 0 Å². The fraction of sp³-hybridized carbons (Fsp3) is 0.0833. The van der Waals surface area contributed by atoms with Gasteiger partial charge in [-0.2, -0.15) is 0 Å². The highest BCUT2D eigenvalue weighted by Crippen LogP contribution is 2.32. The number of aromatic carboxylic acids is 1. The molecule has 2 rings (SSSR count). The first-order valence-corrected chi connectivity index (χ1v) is 6.03. The number of rotatable bonds is 5. The van der Waals surface area contributed by atoms with Crippen LogP contribution < -0.4 is 4.74 Å². The Balaban J connectivity index is 2.35. The minimum absolute atomic E-state index is 0.111. The molecule has 0 spiro atoms. The molecule has 98 valence electrons. The molecule has 0 aliphatic heterocycles. The molecule has 1 heterocycles. The number of carboxylic acid groups (broad SMARTS) is 2. The maximum absolute atomic E-state index is 11.1. The minimum Gasteiger partial charge on any atom is -0.479 e. The van der Waals surface area contributed by atoms with E-state index in [4.69, 9.17) is 14.9 Å². The van der Waals surface area contributed by atoms with Gasteiger partial charge in [-0.15, -0.1) is 11.3 Å². The van der Waals surface area contributed by atoms with Crippen molar-refractivity contribution >= 4 is 23.3 Å². The minimum atomic E-state index is -1.19. The summed E-state index contributed by atoms with van der Waals surface area (Å²) in [7, 11) is 0. The number of carboxylic acids is 2. The molecule has 0 saturated heterocycles. The van der Waals surface area contributed by atoms with Gasteiger partial charge in [0, 0.05) is 5.56 Å². The molecule has 2 N–H and O–H groups in total. The predicted octanol–water partition coefficient (Wildman–Crippen LogP) is 1.97. The summed E-state index contributed by atoms with van der Waals surface area (Å²) in [5, 5.41) is 18.0. The number of thiazole rings is 1. The van der Waals surface area contributed by atoms with E-state index in [0.717, 1.165) is 16.9 Å². The maximum Gasteiger partial charge on any atom is 0.351 e. The van der Waals surface area contributed by atoms with Gasteiger partial charge in [-0.05, 0) is 0 Å². The van der Waals surface area contributed by atoms with E-state index in [1.165, 1.54) is 0 Å². The van der Waals surface area contributed by atoms with Gasteiger partial charge in [0.25, 0.3) is 0 Å². The quantitative estimate of drug-likeness (QED) is 0.868. The number of benzene rings is 1. The predicted molar refractivity (Wildman–Crippen MR) is 67.6 cm³/mol. The Hall–Kier alpha value is -2.41. The van der Waals surface area contributed by atoms with Crippen molar-refractivity contribution in [3.8, 4) is 16.5 Å². The monoisotopic (exact) mass is 279 g/mol. The van der Waals surface area contributed by atoms with Crippen LogP contribution in [0.3, 0.4) is 0 Å². The maximum atomic E-state index is 11.1. The van der Waals surface area contributed by atoms with Crippen molar-refractivity contribution in [3.05, 3.63) is 35.2 Å². The normalized spacial score (nSPS) is 10.1. The second kappa shape index (κ2) is 5.49. The number of hydrogen-bond acceptors (Lipinski definition) is 5. The first kappa shape index (κ1) is 13.0. The molecule has 0 amide bonds. The van der Waals surface area contributed by atoms with Crippen LogP contribution in [0.25, 0.3) is 10.6 Å². The van der Waals surface area contributed by atoms with Gasteiger partial charge < -0.3 is 14.9 Å². The van der Waals surface area contributed by atoms with Gasteiger partial charge in [0.15, 0.2) is 11.5 Å². The zero-order valence-corrected chi connectivity index (χ0v) is 10.4. The molecular weight excluding hydrogens is 270 g/mol. The van der Waals surface area contributed by atoms with Crippen LogP contribution in [0.4, 0.5) is 0 Å². The average molecular weight is 279 g/mol. The van der Waals surface area contributed by atoms with Crippen LogP contribution in [0, 0.1) is 0 Å². The molecule has 0 aliphatic carbocycles. The zero-order chi connectivity index (χ0) is 13.8. The second-order valence-corrected chi connectivity index (χ2v) is 4.51. The SMILES string of the molecule is O=C(O)COc1nc(-c2ccccc2)sc1C(=O)O. The summed E-state index contributed by atoms with van der Waals surface area (Å²) >= 11 is 0.944. The number of carbonyl (C=O) groups is 2. The summed E-state index contributed by atoms with van der Waals surface area (Å²) in [6, 6.07) is 9.00. The van der Waals surface area contributed by atoms with Gasteiger partial charge in [-0.25, -0.2) is 14.6 Å². The highest BCUT2D eigenvalue weighted by Gasteiger charge is 2.20. The molecule has 2 aromatic rings. The molecule has 0 fully saturated rings. The van der Waals surface area contributed by atoms with Gasteiger partial charge in [0.05, 0.1) is 0 Å². The molecule has 0 unspecified atom stereocenters. The summed E-state index contributed by atoms with van der Waals surface area (Å²) in [4.78, 5) is 25.4. The number of hydrogen-bond donors (Lipinski definition) is 2. The third kappa shape index (κ3) is 3.08. The highest BCUT2D eigenvalue weighted by molar-refractivity contribution is 7.17. The van der Waals surface area contributed by atoms with Gasteiger partial charge in [0.1, 0.15) is 5.01 Å². The molecule has 0 aliphatic rings. The van der Waals surface area contributed by atoms with Crippen molar-refractivity contribution in [1.29, 1.82) is 0 Å². The van der Waals surface area contributed by atoms with E-state index >= 15 is 0 Å². The molecule has 1 aromatic carbocycles. The van der Waals surface area contributed by atoms with E-state index in [9.17, 15) is 9.59 Å². The van der Waals surface area contributed by atoms with Crippen molar-refractivity contribution in [1.82, 2.24) is 4.98 Å². The van der Waals surface area contributed by atoms with Gasteiger partial charge >= 0.3 is 11.9 Å². The third-order valence-electron chi connectivity index (χ3n) is 2.14. The Kier molecular flexibility index (Phi) is 3.76. The summed E-state index contributed by atoms with van der Waals surface area (Å²) in [5.74, 6) is -2.55.